The molecule has 0 radical (unpaired) electrons. The highest BCUT2D eigenvalue weighted by Crippen LogP contribution is 2.47. The molecule has 20 atom stereocenters. The van der Waals surface area contributed by atoms with Crippen LogP contribution in [-0.2, 0) is 42.0 Å². The van der Waals surface area contributed by atoms with Gasteiger partial charge >= 0.3 is 11.9 Å². The van der Waals surface area contributed by atoms with Gasteiger partial charge in [-0.25, -0.2) is 34.6 Å². The van der Waals surface area contributed by atoms with Gasteiger partial charge in [-0.3, -0.25) is 4.89 Å². The van der Waals surface area contributed by atoms with Gasteiger partial charge in [0.05, 0.1) is 12.1 Å². The number of carbonyl (C=O) groups excluding carboxylic acids is 2. The molecule has 0 bridgehead atoms. The van der Waals surface area contributed by atoms with Crippen molar-refractivity contribution in [2.75, 3.05) is 5.33 Å². The molecule has 562 valence electrons. The number of rotatable bonds is 3. The van der Waals surface area contributed by atoms with Gasteiger partial charge in [0.2, 0.25) is 12.2 Å². The van der Waals surface area contributed by atoms with Crippen LogP contribution >= 0.6 is 32.2 Å². The van der Waals surface area contributed by atoms with Crippen LogP contribution < -0.4 is 44.6 Å². The molecule has 12 aliphatic heterocycles. The Hall–Kier alpha value is -9.77. The minimum absolute atomic E-state index is 0.00859. The lowest BCUT2D eigenvalue weighted by Gasteiger charge is -2.32. The molecule has 25 nitrogen and oxygen atoms in total. The fourth-order valence-corrected chi connectivity index (χ4v) is 15.3. The van der Waals surface area contributed by atoms with Crippen LogP contribution in [0.4, 0.5) is 0 Å². The average Bonchev–Trinajstić information content (AvgIpc) is 1.69. The van der Waals surface area contributed by atoms with Crippen LogP contribution in [-0.4, -0.2) is 136 Å². The van der Waals surface area contributed by atoms with Gasteiger partial charge in [-0.1, -0.05) is 143 Å². The van der Waals surface area contributed by atoms with Gasteiger partial charge in [0.1, 0.15) is 101 Å². The number of aliphatic imine (C=N–C) groups is 5. The van der Waals surface area contributed by atoms with E-state index < -0.39 is 42.5 Å². The molecule has 6 N–H and O–H groups in total. The zero-order valence-electron chi connectivity index (χ0n) is 60.2. The van der Waals surface area contributed by atoms with Crippen molar-refractivity contribution in [3.05, 3.63) is 209 Å². The van der Waals surface area contributed by atoms with Crippen LogP contribution in [0.3, 0.4) is 0 Å². The lowest BCUT2D eigenvalue weighted by atomic mass is 9.94. The van der Waals surface area contributed by atoms with Crippen molar-refractivity contribution in [1.29, 1.82) is 0 Å². The van der Waals surface area contributed by atoms with Gasteiger partial charge in [-0.05, 0) is 70.2 Å². The molecular weight excluding hydrogens is 1510 g/mol. The number of nitrogens with zero attached hydrogens (tertiary/aromatic N) is 5. The summed E-state index contributed by atoms with van der Waals surface area (Å²) in [6.45, 7) is 17.1. The quantitative estimate of drug-likeness (QED) is 0.0725. The molecule has 7 aromatic rings. The number of hydrogen-bond acceptors (Lipinski definition) is 25. The largest absolute Gasteiger partial charge is 0.490 e. The van der Waals surface area contributed by atoms with E-state index in [2.05, 4.69) is 91.0 Å². The van der Waals surface area contributed by atoms with Crippen LogP contribution in [0.15, 0.2) is 195 Å². The van der Waals surface area contributed by atoms with E-state index in [1.54, 1.807) is 26.0 Å². The van der Waals surface area contributed by atoms with Crippen molar-refractivity contribution in [1.82, 2.24) is 0 Å². The number of para-hydroxylation sites is 7. The number of aliphatic hydroxyl groups is 1. The third-order valence-electron chi connectivity index (χ3n) is 19.6. The number of nitrogens with two attached hydrogens (primary N) is 2. The predicted octanol–water partition coefficient (Wildman–Crippen LogP) is 13.5. The Balaban J connectivity index is 0.000000111. The number of carbonyl (C=O) groups is 2. The van der Waals surface area contributed by atoms with Gasteiger partial charge in [-0.2, -0.15) is 5.26 Å². The maximum absolute atomic E-state index is 11.7. The summed E-state index contributed by atoms with van der Waals surface area (Å²) in [5.74, 6) is 7.64. The van der Waals surface area contributed by atoms with Crippen molar-refractivity contribution >= 4 is 73.6 Å². The summed E-state index contributed by atoms with van der Waals surface area (Å²) < 4.78 is 72.4. The second-order valence-corrected chi connectivity index (χ2v) is 28.1. The zero-order chi connectivity index (χ0) is 75.3. The van der Waals surface area contributed by atoms with Crippen molar-refractivity contribution in [2.45, 2.75) is 190 Å². The van der Waals surface area contributed by atoms with E-state index in [-0.39, 0.29) is 91.1 Å². The normalized spacial score (nSPS) is 30.1. The third kappa shape index (κ3) is 16.3. The third-order valence-corrected chi connectivity index (χ3v) is 20.6. The minimum atomic E-state index is -1.02. The average molecular weight is 1590 g/mol. The Morgan fingerprint density at radius 1 is 0.402 bits per heavy atom. The van der Waals surface area contributed by atoms with E-state index in [1.165, 1.54) is 0 Å². The van der Waals surface area contributed by atoms with Crippen molar-refractivity contribution in [3.8, 4) is 40.2 Å². The number of aliphatic hydroxyl groups excluding tert-OH is 1. The number of benzene rings is 7. The lowest BCUT2D eigenvalue weighted by Crippen LogP contribution is -2.45. The molecule has 0 saturated heterocycles. The Morgan fingerprint density at radius 2 is 0.701 bits per heavy atom. The van der Waals surface area contributed by atoms with Gasteiger partial charge in [0, 0.05) is 91.4 Å². The van der Waals surface area contributed by atoms with E-state index in [9.17, 15) is 14.7 Å². The molecule has 107 heavy (non-hydrogen) atoms. The number of halogens is 2. The van der Waals surface area contributed by atoms with E-state index in [4.69, 9.17) is 73.6 Å². The molecule has 0 fully saturated rings. The van der Waals surface area contributed by atoms with Crippen molar-refractivity contribution in [2.24, 2.45) is 36.4 Å². The summed E-state index contributed by atoms with van der Waals surface area (Å²) >= 11 is 6.14. The highest BCUT2D eigenvalue weighted by Gasteiger charge is 2.51. The van der Waals surface area contributed by atoms with Crippen molar-refractivity contribution in [3.63, 3.8) is 0 Å². The summed E-state index contributed by atoms with van der Waals surface area (Å²) in [4.78, 5) is 49.3. The minimum Gasteiger partial charge on any atom is -0.490 e. The number of hydrogen-bond donors (Lipinski definition) is 4. The molecule has 0 aromatic heterocycles. The van der Waals surface area contributed by atoms with Gasteiger partial charge in [-0.15, -0.1) is 0 Å². The first-order valence-corrected chi connectivity index (χ1v) is 37.2. The predicted molar refractivity (Wildman–Crippen MR) is 404 cm³/mol. The Bertz CT molecular complexity index is 4350. The second kappa shape index (κ2) is 33.2. The van der Waals surface area contributed by atoms with Gasteiger partial charge in [0.15, 0.2) is 76.3 Å². The number of fused-ring (bicyclic) bond motifs is 17. The molecule has 0 spiro atoms. The highest BCUT2D eigenvalue weighted by atomic mass is 79.9. The van der Waals surface area contributed by atoms with Crippen LogP contribution in [0, 0.1) is 0 Å². The first kappa shape index (κ1) is 75.5. The van der Waals surface area contributed by atoms with Crippen molar-refractivity contribution < 1.29 is 85.5 Å². The van der Waals surface area contributed by atoms with Crippen LogP contribution in [0.5, 0.6) is 40.2 Å². The molecule has 20 unspecified atom stereocenters. The van der Waals surface area contributed by atoms with E-state index in [1.807, 2.05) is 181 Å². The summed E-state index contributed by atoms with van der Waals surface area (Å²) in [7, 11) is 0. The van der Waals surface area contributed by atoms with Gasteiger partial charge < -0.3 is 77.2 Å². The Morgan fingerprint density at radius 3 is 1.09 bits per heavy atom. The summed E-state index contributed by atoms with van der Waals surface area (Å²) in [5, 5.41) is 18.9. The van der Waals surface area contributed by atoms with E-state index in [0.29, 0.717) is 23.3 Å². The number of alkyl halides is 1. The van der Waals surface area contributed by atoms with Crippen LogP contribution in [0.2, 0.25) is 0 Å². The summed E-state index contributed by atoms with van der Waals surface area (Å²) in [6.07, 6.45) is -2.34. The summed E-state index contributed by atoms with van der Waals surface area (Å²) in [5.41, 5.74) is 19.0. The first-order chi connectivity index (χ1) is 51.7. The first-order valence-electron chi connectivity index (χ1n) is 35.5. The molecule has 7 aromatic carbocycles. The zero-order valence-corrected chi connectivity index (χ0v) is 63.4. The molecular formula is C80H85Br2N7O18. The number of ether oxygens (including phenoxy) is 12. The Labute approximate surface area is 636 Å². The highest BCUT2D eigenvalue weighted by molar-refractivity contribution is 9.09. The molecule has 0 aliphatic carbocycles. The Kier molecular flexibility index (Phi) is 23.4. The molecule has 19 rings (SSSR count). The van der Waals surface area contributed by atoms with Crippen LogP contribution in [0.25, 0.3) is 0 Å². The SMILES string of the molecule is CC1=NC2c3ccccc3OC(C(=O)OBr)C2O1.CC1=NC2c3ccccc3OC(C(=O)OO)C2O1.CC1=NC2c3ccccc3OC(C)C2O1.CC1=NC2c3ccccc3OC(C)C2O1.CC1=NC2c3ccccc3OC(CBr)C2O1.CC1CC(N)c2ccccc2O1.CC1Oc2ccccc2C(N)C1O. The van der Waals surface area contributed by atoms with Gasteiger partial charge in [0.25, 0.3) is 0 Å². The maximum atomic E-state index is 11.7. The maximum Gasteiger partial charge on any atom is 0.386 e. The molecule has 0 saturated carbocycles. The van der Waals surface area contributed by atoms with Crippen LogP contribution in [0.1, 0.15) is 150 Å². The topological polar surface area (TPSA) is 318 Å². The fourth-order valence-electron chi connectivity index (χ4n) is 14.6. The standard InChI is InChI=1S/C12H10BrNO4.C12H12BrNO2.C12H11NO5.2C12H13NO2.C10H13NO2.C10H13NO/c1-6-14-9-7-4-2-3-5-8(7)17-11(10(9)16-6)12(15)18-13;1-7-14-11-8-4-2-3-5-9(8)16-10(6-13)12(11)15-7;1-6-13-9-7-4-2-3-5-8(7)17-11(10(9)16-6)12(14)18-15;2*1-7-12-11(13-8(2)15-12)9-5-3-4-6-10(9)14-7;1-6-10(12)9(11)7-4-2-3-5-8(7)13-6;1-7-6-9(11)8-4-2-3-5-10(8)12-7/h2-5,9-11H,1H3;2-5,10-12H,6H2,1H3;2-5,9-11,15H,1H3;2*3-7,11-12H,1-2H3;2-6,9-10,12H,11H2,1H3;2-5,7,9H,6,11H2,1H3. The molecule has 27 heteroatoms. The van der Waals surface area contributed by atoms with E-state index >= 15 is 0 Å². The summed E-state index contributed by atoms with van der Waals surface area (Å²) in [6, 6.07) is 54.1. The monoisotopic (exact) mass is 1590 g/mol. The molecule has 0 amide bonds. The molecule has 12 aliphatic rings. The lowest BCUT2D eigenvalue weighted by molar-refractivity contribution is -0.245. The smallest absolute Gasteiger partial charge is 0.386 e. The fraction of sp³-hybridized carbons (Fsp3) is 0.388. The second-order valence-electron chi connectivity index (χ2n) is 27.1. The molecule has 12 heterocycles. The van der Waals surface area contributed by atoms with E-state index in [0.717, 1.165) is 97.1 Å².